The van der Waals surface area contributed by atoms with E-state index in [1.807, 2.05) is 36.4 Å². The van der Waals surface area contributed by atoms with Gasteiger partial charge in [-0.1, -0.05) is 12.1 Å². The second-order valence-electron chi connectivity index (χ2n) is 6.81. The Labute approximate surface area is 176 Å². The minimum Gasteiger partial charge on any atom is -0.493 e. The lowest BCUT2D eigenvalue weighted by atomic mass is 9.91. The summed E-state index contributed by atoms with van der Waals surface area (Å²) in [6, 6.07) is 9.40. The Balaban J connectivity index is 1.95. The van der Waals surface area contributed by atoms with E-state index in [2.05, 4.69) is 0 Å². The quantitative estimate of drug-likeness (QED) is 0.706. The van der Waals surface area contributed by atoms with Crippen LogP contribution in [0.1, 0.15) is 17.2 Å². The van der Waals surface area contributed by atoms with Crippen LogP contribution >= 0.6 is 0 Å². The minimum absolute atomic E-state index is 0.0551. The van der Waals surface area contributed by atoms with Crippen LogP contribution in [0.15, 0.2) is 35.9 Å². The molecule has 1 saturated heterocycles. The molecule has 7 heteroatoms. The Morgan fingerprint density at radius 2 is 1.50 bits per heavy atom. The highest BCUT2D eigenvalue weighted by Gasteiger charge is 2.34. The summed E-state index contributed by atoms with van der Waals surface area (Å²) in [6.07, 6.45) is 1.68. The Morgan fingerprint density at radius 3 is 2.03 bits per heavy atom. The van der Waals surface area contributed by atoms with Crippen molar-refractivity contribution in [2.45, 2.75) is 6.10 Å². The summed E-state index contributed by atoms with van der Waals surface area (Å²) in [6.45, 7) is 0.349. The van der Waals surface area contributed by atoms with Crippen LogP contribution in [-0.2, 0) is 4.74 Å². The van der Waals surface area contributed by atoms with Gasteiger partial charge in [0.25, 0.3) is 0 Å². The van der Waals surface area contributed by atoms with Crippen molar-refractivity contribution >= 4 is 6.08 Å². The lowest BCUT2D eigenvalue weighted by Crippen LogP contribution is -2.13. The van der Waals surface area contributed by atoms with E-state index >= 15 is 0 Å². The molecule has 2 atom stereocenters. The molecule has 1 aliphatic rings. The number of methoxy groups -OCH3 is 5. The van der Waals surface area contributed by atoms with Gasteiger partial charge in [-0.25, -0.2) is 0 Å². The SMILES string of the molecule is COc1ccc(/C=C2\CO[C@H](c3cc(OC)c(OC)c(OC)c3)[C@H]2CO)cc1OC. The van der Waals surface area contributed by atoms with Gasteiger partial charge in [0.2, 0.25) is 5.75 Å². The second kappa shape index (κ2) is 9.73. The first-order valence-electron chi connectivity index (χ1n) is 9.55. The van der Waals surface area contributed by atoms with Crippen molar-refractivity contribution in [1.82, 2.24) is 0 Å². The van der Waals surface area contributed by atoms with Crippen LogP contribution in [0.2, 0.25) is 0 Å². The number of hydrogen-bond donors (Lipinski definition) is 1. The first-order valence-corrected chi connectivity index (χ1v) is 9.55. The van der Waals surface area contributed by atoms with E-state index in [0.717, 1.165) is 16.7 Å². The van der Waals surface area contributed by atoms with E-state index in [4.69, 9.17) is 28.4 Å². The van der Waals surface area contributed by atoms with Crippen LogP contribution < -0.4 is 23.7 Å². The molecule has 1 heterocycles. The van der Waals surface area contributed by atoms with E-state index in [9.17, 15) is 5.11 Å². The van der Waals surface area contributed by atoms with Crippen LogP contribution in [0, 0.1) is 5.92 Å². The number of rotatable bonds is 8. The highest BCUT2D eigenvalue weighted by Crippen LogP contribution is 2.45. The maximum Gasteiger partial charge on any atom is 0.203 e. The molecule has 162 valence electrons. The summed E-state index contributed by atoms with van der Waals surface area (Å²) >= 11 is 0. The molecule has 0 bridgehead atoms. The molecular formula is C23H28O7. The van der Waals surface area contributed by atoms with E-state index < -0.39 is 0 Å². The first kappa shape index (κ1) is 21.8. The van der Waals surface area contributed by atoms with Gasteiger partial charge in [0.1, 0.15) is 0 Å². The van der Waals surface area contributed by atoms with Crippen molar-refractivity contribution in [2.24, 2.45) is 5.92 Å². The molecule has 0 amide bonds. The number of ether oxygens (including phenoxy) is 6. The summed E-state index contributed by atoms with van der Waals surface area (Å²) in [4.78, 5) is 0. The first-order chi connectivity index (χ1) is 14.6. The van der Waals surface area contributed by atoms with Gasteiger partial charge in [-0.2, -0.15) is 0 Å². The second-order valence-corrected chi connectivity index (χ2v) is 6.81. The van der Waals surface area contributed by atoms with Gasteiger partial charge < -0.3 is 33.5 Å². The fourth-order valence-electron chi connectivity index (χ4n) is 3.72. The van der Waals surface area contributed by atoms with Crippen molar-refractivity contribution in [1.29, 1.82) is 0 Å². The zero-order chi connectivity index (χ0) is 21.7. The Kier molecular flexibility index (Phi) is 7.07. The van der Waals surface area contributed by atoms with Crippen LogP contribution in [0.5, 0.6) is 28.7 Å². The molecule has 2 aromatic carbocycles. The fraction of sp³-hybridized carbons (Fsp3) is 0.391. The van der Waals surface area contributed by atoms with Gasteiger partial charge in [0.15, 0.2) is 23.0 Å². The third kappa shape index (κ3) is 4.17. The molecule has 0 aromatic heterocycles. The molecule has 0 unspecified atom stereocenters. The van der Waals surface area contributed by atoms with Gasteiger partial charge in [-0.15, -0.1) is 0 Å². The normalized spacial score (nSPS) is 19.6. The average Bonchev–Trinajstić information content (AvgIpc) is 3.20. The van der Waals surface area contributed by atoms with Crippen molar-refractivity contribution in [3.05, 3.63) is 47.0 Å². The summed E-state index contributed by atoms with van der Waals surface area (Å²) < 4.78 is 33.0. The predicted octanol–water partition coefficient (Wildman–Crippen LogP) is 3.49. The van der Waals surface area contributed by atoms with Crippen LogP contribution in [0.3, 0.4) is 0 Å². The molecule has 1 fully saturated rings. The average molecular weight is 416 g/mol. The molecule has 3 rings (SSSR count). The van der Waals surface area contributed by atoms with Gasteiger partial charge in [0.05, 0.1) is 54.9 Å². The molecule has 0 aliphatic carbocycles. The van der Waals surface area contributed by atoms with Gasteiger partial charge >= 0.3 is 0 Å². The van der Waals surface area contributed by atoms with Crippen molar-refractivity contribution in [3.63, 3.8) is 0 Å². The van der Waals surface area contributed by atoms with Crippen LogP contribution in [0.25, 0.3) is 6.08 Å². The van der Waals surface area contributed by atoms with E-state index in [1.165, 1.54) is 0 Å². The zero-order valence-corrected chi connectivity index (χ0v) is 17.9. The number of benzene rings is 2. The number of aliphatic hydroxyl groups is 1. The predicted molar refractivity (Wildman–Crippen MR) is 113 cm³/mol. The Hall–Kier alpha value is -2.90. The number of hydrogen-bond acceptors (Lipinski definition) is 7. The summed E-state index contributed by atoms with van der Waals surface area (Å²) in [5, 5.41) is 10.1. The molecular weight excluding hydrogens is 388 g/mol. The van der Waals surface area contributed by atoms with E-state index in [1.54, 1.807) is 35.5 Å². The lowest BCUT2D eigenvalue weighted by molar-refractivity contribution is 0.0717. The summed E-state index contributed by atoms with van der Waals surface area (Å²) in [5.41, 5.74) is 2.78. The molecule has 0 radical (unpaired) electrons. The van der Waals surface area contributed by atoms with Gasteiger partial charge in [0, 0.05) is 5.92 Å². The fourth-order valence-corrected chi connectivity index (χ4v) is 3.72. The maximum absolute atomic E-state index is 10.1. The molecule has 30 heavy (non-hydrogen) atoms. The van der Waals surface area contributed by atoms with E-state index in [-0.39, 0.29) is 18.6 Å². The molecule has 1 aliphatic heterocycles. The lowest BCUT2D eigenvalue weighted by Gasteiger charge is -2.20. The third-order valence-electron chi connectivity index (χ3n) is 5.24. The highest BCUT2D eigenvalue weighted by molar-refractivity contribution is 5.60. The van der Waals surface area contributed by atoms with Gasteiger partial charge in [-0.3, -0.25) is 0 Å². The standard InChI is InChI=1S/C23H28O7/c1-25-18-7-6-14(9-19(18)26-2)8-16-13-30-22(17(16)12-24)15-10-20(27-3)23(29-5)21(11-15)28-4/h6-11,17,22,24H,12-13H2,1-5H3/b16-8+/t17-,22+/m0/s1. The summed E-state index contributed by atoms with van der Waals surface area (Å²) in [7, 11) is 7.91. The van der Waals surface area contributed by atoms with Crippen molar-refractivity contribution in [3.8, 4) is 28.7 Å². The van der Waals surface area contributed by atoms with Crippen molar-refractivity contribution < 1.29 is 33.5 Å². The smallest absolute Gasteiger partial charge is 0.203 e. The minimum atomic E-state index is -0.338. The van der Waals surface area contributed by atoms with Gasteiger partial charge in [-0.05, 0) is 41.0 Å². The molecule has 0 spiro atoms. The van der Waals surface area contributed by atoms with Crippen LogP contribution in [-0.4, -0.2) is 53.9 Å². The monoisotopic (exact) mass is 416 g/mol. The van der Waals surface area contributed by atoms with Crippen LogP contribution in [0.4, 0.5) is 0 Å². The molecule has 2 aromatic rings. The molecule has 0 saturated carbocycles. The third-order valence-corrected chi connectivity index (χ3v) is 5.24. The zero-order valence-electron chi connectivity index (χ0n) is 17.9. The topological polar surface area (TPSA) is 75.6 Å². The summed E-state index contributed by atoms with van der Waals surface area (Å²) in [5.74, 6) is 2.71. The number of aliphatic hydroxyl groups excluding tert-OH is 1. The molecule has 7 nitrogen and oxygen atoms in total. The largest absolute Gasteiger partial charge is 0.493 e. The molecule has 1 N–H and O–H groups in total. The van der Waals surface area contributed by atoms with Crippen molar-refractivity contribution in [2.75, 3.05) is 48.8 Å². The highest BCUT2D eigenvalue weighted by atomic mass is 16.5. The Bertz CT molecular complexity index is 881. The Morgan fingerprint density at radius 1 is 0.867 bits per heavy atom. The maximum atomic E-state index is 10.1. The van der Waals surface area contributed by atoms with E-state index in [0.29, 0.717) is 35.4 Å².